The number of aromatic nitrogens is 1. The second-order valence-electron chi connectivity index (χ2n) is 4.60. The normalized spacial score (nSPS) is 14.3. The first-order valence-electron chi connectivity index (χ1n) is 6.19. The molecule has 2 N–H and O–H groups in total. The Balaban J connectivity index is 1.96. The fraction of sp³-hybridized carbons (Fsp3) is 0.357. The standard InChI is InChI=1S/C14H17FN2OS/c1-9(14-16-5-6-19-14)8-17-10(2)12-4-3-11(15)7-13(12)18/h3-7,9-10,17-18H,8H2,1-2H3. The Morgan fingerprint density at radius 1 is 1.42 bits per heavy atom. The minimum Gasteiger partial charge on any atom is -0.508 e. The molecule has 0 aliphatic heterocycles. The summed E-state index contributed by atoms with van der Waals surface area (Å²) in [5.74, 6) is -0.128. The van der Waals surface area contributed by atoms with Crippen molar-refractivity contribution < 1.29 is 9.50 Å². The third-order valence-corrected chi connectivity index (χ3v) is 4.07. The topological polar surface area (TPSA) is 45.1 Å². The van der Waals surface area contributed by atoms with Crippen LogP contribution in [0.4, 0.5) is 4.39 Å². The molecule has 0 radical (unpaired) electrons. The predicted molar refractivity (Wildman–Crippen MR) is 75.0 cm³/mol. The van der Waals surface area contributed by atoms with Gasteiger partial charge < -0.3 is 10.4 Å². The van der Waals surface area contributed by atoms with Crippen molar-refractivity contribution in [1.82, 2.24) is 10.3 Å². The smallest absolute Gasteiger partial charge is 0.126 e. The molecular formula is C14H17FN2OS. The molecule has 5 heteroatoms. The second kappa shape index (κ2) is 6.12. The zero-order chi connectivity index (χ0) is 13.8. The number of nitrogens with zero attached hydrogens (tertiary/aromatic N) is 1. The van der Waals surface area contributed by atoms with Gasteiger partial charge in [-0.2, -0.15) is 0 Å². The first kappa shape index (κ1) is 14.0. The van der Waals surface area contributed by atoms with E-state index in [1.54, 1.807) is 23.6 Å². The van der Waals surface area contributed by atoms with Crippen molar-refractivity contribution in [1.29, 1.82) is 0 Å². The molecule has 0 amide bonds. The van der Waals surface area contributed by atoms with Gasteiger partial charge in [0.05, 0.1) is 5.01 Å². The van der Waals surface area contributed by atoms with E-state index >= 15 is 0 Å². The van der Waals surface area contributed by atoms with Crippen molar-refractivity contribution in [2.24, 2.45) is 0 Å². The summed E-state index contributed by atoms with van der Waals surface area (Å²) in [6, 6.07) is 4.06. The molecule has 3 nitrogen and oxygen atoms in total. The van der Waals surface area contributed by atoms with Gasteiger partial charge in [-0.3, -0.25) is 0 Å². The third kappa shape index (κ3) is 3.52. The molecule has 2 rings (SSSR count). The third-order valence-electron chi connectivity index (χ3n) is 3.06. The maximum Gasteiger partial charge on any atom is 0.126 e. The van der Waals surface area contributed by atoms with E-state index in [1.807, 2.05) is 12.3 Å². The van der Waals surface area contributed by atoms with Crippen LogP contribution in [0.5, 0.6) is 5.75 Å². The molecule has 1 heterocycles. The van der Waals surface area contributed by atoms with Crippen LogP contribution in [0.15, 0.2) is 29.8 Å². The monoisotopic (exact) mass is 280 g/mol. The highest BCUT2D eigenvalue weighted by Crippen LogP contribution is 2.25. The highest BCUT2D eigenvalue weighted by atomic mass is 32.1. The van der Waals surface area contributed by atoms with Gasteiger partial charge in [0.15, 0.2) is 0 Å². The van der Waals surface area contributed by atoms with Gasteiger partial charge in [-0.25, -0.2) is 9.37 Å². The van der Waals surface area contributed by atoms with Crippen LogP contribution in [0.25, 0.3) is 0 Å². The number of halogens is 1. The van der Waals surface area contributed by atoms with Gasteiger partial charge in [0.25, 0.3) is 0 Å². The second-order valence-corrected chi connectivity index (χ2v) is 5.53. The van der Waals surface area contributed by atoms with Crippen molar-refractivity contribution in [3.8, 4) is 5.75 Å². The van der Waals surface area contributed by atoms with E-state index in [0.717, 1.165) is 17.6 Å². The summed E-state index contributed by atoms with van der Waals surface area (Å²) < 4.78 is 12.9. The summed E-state index contributed by atoms with van der Waals surface area (Å²) in [5, 5.41) is 16.1. The molecule has 19 heavy (non-hydrogen) atoms. The van der Waals surface area contributed by atoms with Crippen molar-refractivity contribution in [2.75, 3.05) is 6.54 Å². The van der Waals surface area contributed by atoms with Crippen LogP contribution >= 0.6 is 11.3 Å². The highest BCUT2D eigenvalue weighted by Gasteiger charge is 2.13. The largest absolute Gasteiger partial charge is 0.508 e. The lowest BCUT2D eigenvalue weighted by atomic mass is 10.1. The molecule has 2 unspecified atom stereocenters. The minimum atomic E-state index is -0.426. The molecule has 0 aliphatic carbocycles. The highest BCUT2D eigenvalue weighted by molar-refractivity contribution is 7.09. The number of benzene rings is 1. The number of rotatable bonds is 5. The van der Waals surface area contributed by atoms with Crippen LogP contribution in [0.1, 0.15) is 36.4 Å². The summed E-state index contributed by atoms with van der Waals surface area (Å²) >= 11 is 1.63. The Kier molecular flexibility index (Phi) is 4.50. The summed E-state index contributed by atoms with van der Waals surface area (Å²) in [6.45, 7) is 4.80. The number of hydrogen-bond donors (Lipinski definition) is 2. The van der Waals surface area contributed by atoms with E-state index < -0.39 is 5.82 Å². The van der Waals surface area contributed by atoms with E-state index in [2.05, 4.69) is 17.2 Å². The van der Waals surface area contributed by atoms with Gasteiger partial charge in [-0.1, -0.05) is 13.0 Å². The average molecular weight is 280 g/mol. The molecule has 0 bridgehead atoms. The van der Waals surface area contributed by atoms with E-state index in [4.69, 9.17) is 0 Å². The molecule has 1 aromatic heterocycles. The van der Waals surface area contributed by atoms with Crippen molar-refractivity contribution in [2.45, 2.75) is 25.8 Å². The van der Waals surface area contributed by atoms with Crippen LogP contribution in [0.3, 0.4) is 0 Å². The lowest BCUT2D eigenvalue weighted by Gasteiger charge is -2.18. The number of thiazole rings is 1. The van der Waals surface area contributed by atoms with Gasteiger partial charge >= 0.3 is 0 Å². The zero-order valence-electron chi connectivity index (χ0n) is 10.9. The first-order valence-corrected chi connectivity index (χ1v) is 7.07. The van der Waals surface area contributed by atoms with Gasteiger partial charge in [-0.15, -0.1) is 11.3 Å². The van der Waals surface area contributed by atoms with Crippen molar-refractivity contribution >= 4 is 11.3 Å². The van der Waals surface area contributed by atoms with E-state index in [9.17, 15) is 9.50 Å². The van der Waals surface area contributed by atoms with Crippen molar-refractivity contribution in [3.63, 3.8) is 0 Å². The SMILES string of the molecule is CC(CNC(C)c1ccc(F)cc1O)c1nccs1. The molecular weight excluding hydrogens is 263 g/mol. The molecule has 0 saturated carbocycles. The van der Waals surface area contributed by atoms with Crippen LogP contribution in [-0.2, 0) is 0 Å². The molecule has 2 atom stereocenters. The van der Waals surface area contributed by atoms with Crippen LogP contribution in [0.2, 0.25) is 0 Å². The number of nitrogens with one attached hydrogen (secondary N) is 1. The average Bonchev–Trinajstić information content (AvgIpc) is 2.89. The van der Waals surface area contributed by atoms with Crippen molar-refractivity contribution in [3.05, 3.63) is 46.2 Å². The lowest BCUT2D eigenvalue weighted by molar-refractivity contribution is 0.444. The first-order chi connectivity index (χ1) is 9.08. The van der Waals surface area contributed by atoms with E-state index in [0.29, 0.717) is 11.5 Å². The molecule has 0 spiro atoms. The Hall–Kier alpha value is -1.46. The fourth-order valence-corrected chi connectivity index (χ4v) is 2.61. The molecule has 0 aliphatic rings. The van der Waals surface area contributed by atoms with E-state index in [1.165, 1.54) is 6.07 Å². The summed E-state index contributed by atoms with van der Waals surface area (Å²) in [4.78, 5) is 4.28. The van der Waals surface area contributed by atoms with Crippen LogP contribution in [0, 0.1) is 5.82 Å². The Bertz CT molecular complexity index is 530. The molecule has 102 valence electrons. The van der Waals surface area contributed by atoms with Crippen LogP contribution in [-0.4, -0.2) is 16.6 Å². The Morgan fingerprint density at radius 2 is 2.21 bits per heavy atom. The molecule has 0 fully saturated rings. The number of phenols is 1. The minimum absolute atomic E-state index is 0.0121. The van der Waals surface area contributed by atoms with Crippen LogP contribution < -0.4 is 5.32 Å². The number of aromatic hydroxyl groups is 1. The molecule has 2 aromatic rings. The van der Waals surface area contributed by atoms with Gasteiger partial charge in [-0.05, 0) is 13.0 Å². The van der Waals surface area contributed by atoms with Gasteiger partial charge in [0.2, 0.25) is 0 Å². The quantitative estimate of drug-likeness (QED) is 0.882. The maximum absolute atomic E-state index is 12.9. The number of hydrogen-bond acceptors (Lipinski definition) is 4. The summed E-state index contributed by atoms with van der Waals surface area (Å²) in [5.41, 5.74) is 0.702. The maximum atomic E-state index is 12.9. The Morgan fingerprint density at radius 3 is 2.84 bits per heavy atom. The molecule has 0 saturated heterocycles. The predicted octanol–water partition coefficient (Wildman–Crippen LogP) is 3.44. The van der Waals surface area contributed by atoms with Gasteiger partial charge in [0, 0.05) is 41.7 Å². The van der Waals surface area contributed by atoms with Gasteiger partial charge in [0.1, 0.15) is 11.6 Å². The zero-order valence-corrected chi connectivity index (χ0v) is 11.7. The molecule has 1 aromatic carbocycles. The lowest BCUT2D eigenvalue weighted by Crippen LogP contribution is -2.23. The summed E-state index contributed by atoms with van der Waals surface area (Å²) in [6.07, 6.45) is 1.80. The summed E-state index contributed by atoms with van der Waals surface area (Å²) in [7, 11) is 0. The Labute approximate surface area is 116 Å². The fourth-order valence-electron chi connectivity index (χ4n) is 1.91. The number of phenolic OH excluding ortho intramolecular Hbond substituents is 1. The van der Waals surface area contributed by atoms with E-state index in [-0.39, 0.29) is 11.8 Å².